The van der Waals surface area contributed by atoms with E-state index in [1.165, 1.54) is 12.1 Å². The molecule has 0 amide bonds. The molecule has 1 aromatic carbocycles. The molecule has 7 nitrogen and oxygen atoms in total. The maximum Gasteiger partial charge on any atom is 0.387 e. The number of aryl methyl sites for hydroxylation is 1. The zero-order valence-corrected chi connectivity index (χ0v) is 17.1. The van der Waals surface area contributed by atoms with E-state index >= 15 is 0 Å². The Hall–Kier alpha value is -1.98. The van der Waals surface area contributed by atoms with Crippen molar-refractivity contribution in [3.05, 3.63) is 41.5 Å². The maximum atomic E-state index is 12.2. The van der Waals surface area contributed by atoms with Crippen LogP contribution in [0.5, 0.6) is 5.75 Å². The Labute approximate surface area is 167 Å². The summed E-state index contributed by atoms with van der Waals surface area (Å²) in [7, 11) is 3.57. The molecular weight excluding hydrogens is 459 g/mol. The zero-order chi connectivity index (χ0) is 18.2. The number of guanidine groups is 1. The number of aliphatic imine (C=N–C) groups is 1. The van der Waals surface area contributed by atoms with Gasteiger partial charge in [0.2, 0.25) is 5.89 Å². The topological polar surface area (TPSA) is 75.8 Å². The highest BCUT2D eigenvalue weighted by atomic mass is 127. The highest BCUT2D eigenvalue weighted by molar-refractivity contribution is 14.0. The van der Waals surface area contributed by atoms with Crippen molar-refractivity contribution < 1.29 is 18.0 Å². The molecule has 0 radical (unpaired) electrons. The van der Waals surface area contributed by atoms with E-state index in [0.29, 0.717) is 37.2 Å². The SMILES string of the molecule is CN=C(NCCc1nc(C)no1)N(C)Cc1ccc(OC(F)F)cc1.I. The number of alkyl halides is 2. The van der Waals surface area contributed by atoms with Crippen molar-refractivity contribution in [3.63, 3.8) is 0 Å². The molecule has 0 saturated carbocycles. The smallest absolute Gasteiger partial charge is 0.387 e. The van der Waals surface area contributed by atoms with E-state index in [1.54, 1.807) is 26.1 Å². The number of hydrogen-bond acceptors (Lipinski definition) is 5. The first-order valence-corrected chi connectivity index (χ1v) is 7.72. The predicted molar refractivity (Wildman–Crippen MR) is 104 cm³/mol. The van der Waals surface area contributed by atoms with E-state index in [9.17, 15) is 8.78 Å². The lowest BCUT2D eigenvalue weighted by Crippen LogP contribution is -2.39. The molecule has 2 rings (SSSR count). The average molecular weight is 481 g/mol. The molecule has 0 unspecified atom stereocenters. The third-order valence-electron chi connectivity index (χ3n) is 3.33. The summed E-state index contributed by atoms with van der Waals surface area (Å²) in [5, 5.41) is 6.95. The van der Waals surface area contributed by atoms with Gasteiger partial charge >= 0.3 is 6.61 Å². The number of nitrogens with one attached hydrogen (secondary N) is 1. The van der Waals surface area contributed by atoms with Gasteiger partial charge in [-0.2, -0.15) is 13.8 Å². The van der Waals surface area contributed by atoms with Crippen molar-refractivity contribution in [3.8, 4) is 5.75 Å². The minimum absolute atomic E-state index is 0. The molecule has 0 atom stereocenters. The number of nitrogens with zero attached hydrogens (tertiary/aromatic N) is 4. The lowest BCUT2D eigenvalue weighted by Gasteiger charge is -2.22. The summed E-state index contributed by atoms with van der Waals surface area (Å²) in [6, 6.07) is 6.51. The van der Waals surface area contributed by atoms with Crippen LogP contribution in [0.1, 0.15) is 17.3 Å². The normalized spacial score (nSPS) is 11.2. The fraction of sp³-hybridized carbons (Fsp3) is 0.438. The van der Waals surface area contributed by atoms with Crippen LogP contribution >= 0.6 is 24.0 Å². The molecule has 144 valence electrons. The van der Waals surface area contributed by atoms with Crippen LogP contribution in [0.3, 0.4) is 0 Å². The Bertz CT molecular complexity index is 694. The molecule has 0 spiro atoms. The van der Waals surface area contributed by atoms with Gasteiger partial charge in [0.25, 0.3) is 0 Å². The van der Waals surface area contributed by atoms with Gasteiger partial charge in [-0.15, -0.1) is 24.0 Å². The highest BCUT2D eigenvalue weighted by Crippen LogP contribution is 2.15. The summed E-state index contributed by atoms with van der Waals surface area (Å²) >= 11 is 0. The number of halogens is 3. The standard InChI is InChI=1S/C16H21F2N5O2.HI/c1-11-21-14(25-22-11)8-9-20-16(19-2)23(3)10-12-4-6-13(7-5-12)24-15(17)18;/h4-7,15H,8-10H2,1-3H3,(H,19,20);1H. The van der Waals surface area contributed by atoms with Crippen LogP contribution in [-0.4, -0.2) is 48.3 Å². The van der Waals surface area contributed by atoms with Gasteiger partial charge in [0.1, 0.15) is 5.75 Å². The monoisotopic (exact) mass is 481 g/mol. The summed E-state index contributed by atoms with van der Waals surface area (Å²) in [4.78, 5) is 10.3. The van der Waals surface area contributed by atoms with E-state index in [1.807, 2.05) is 11.9 Å². The molecule has 0 saturated heterocycles. The Morgan fingerprint density at radius 2 is 2.04 bits per heavy atom. The molecule has 1 heterocycles. The summed E-state index contributed by atoms with van der Waals surface area (Å²) in [6.07, 6.45) is 0.591. The first-order chi connectivity index (χ1) is 12.0. The third kappa shape index (κ3) is 7.10. The highest BCUT2D eigenvalue weighted by Gasteiger charge is 2.09. The first-order valence-electron chi connectivity index (χ1n) is 7.72. The molecule has 1 aromatic heterocycles. The zero-order valence-electron chi connectivity index (χ0n) is 14.8. The number of hydrogen-bond donors (Lipinski definition) is 1. The Morgan fingerprint density at radius 3 is 2.58 bits per heavy atom. The van der Waals surface area contributed by atoms with Gasteiger partial charge in [0.15, 0.2) is 11.8 Å². The van der Waals surface area contributed by atoms with Crippen molar-refractivity contribution in [1.29, 1.82) is 0 Å². The molecule has 0 aliphatic carbocycles. The quantitative estimate of drug-likeness (QED) is 0.373. The molecule has 1 N–H and O–H groups in total. The lowest BCUT2D eigenvalue weighted by atomic mass is 10.2. The minimum atomic E-state index is -2.82. The summed E-state index contributed by atoms with van der Waals surface area (Å²) < 4.78 is 33.7. The minimum Gasteiger partial charge on any atom is -0.435 e. The first kappa shape index (κ1) is 22.1. The number of aromatic nitrogens is 2. The fourth-order valence-corrected chi connectivity index (χ4v) is 2.23. The molecule has 0 aliphatic heterocycles. The predicted octanol–water partition coefficient (Wildman–Crippen LogP) is 2.85. The second-order valence-corrected chi connectivity index (χ2v) is 5.34. The fourth-order valence-electron chi connectivity index (χ4n) is 2.23. The summed E-state index contributed by atoms with van der Waals surface area (Å²) in [5.74, 6) is 2.01. The van der Waals surface area contributed by atoms with E-state index in [2.05, 4.69) is 25.2 Å². The molecular formula is C16H22F2IN5O2. The van der Waals surface area contributed by atoms with Crippen molar-refractivity contribution in [2.45, 2.75) is 26.5 Å². The van der Waals surface area contributed by atoms with Gasteiger partial charge in [-0.3, -0.25) is 4.99 Å². The van der Waals surface area contributed by atoms with Crippen molar-refractivity contribution in [2.24, 2.45) is 4.99 Å². The number of benzene rings is 1. The van der Waals surface area contributed by atoms with Crippen LogP contribution < -0.4 is 10.1 Å². The van der Waals surface area contributed by atoms with E-state index in [0.717, 1.165) is 5.56 Å². The van der Waals surface area contributed by atoms with E-state index in [-0.39, 0.29) is 29.7 Å². The van der Waals surface area contributed by atoms with Gasteiger partial charge in [0.05, 0.1) is 0 Å². The summed E-state index contributed by atoms with van der Waals surface area (Å²) in [6.45, 7) is 0.109. The Kier molecular flexibility index (Phi) is 9.24. The van der Waals surface area contributed by atoms with Crippen molar-refractivity contribution >= 4 is 29.9 Å². The maximum absolute atomic E-state index is 12.2. The molecule has 2 aromatic rings. The van der Waals surface area contributed by atoms with Gasteiger partial charge in [-0.05, 0) is 24.6 Å². The van der Waals surface area contributed by atoms with Crippen LogP contribution in [0.4, 0.5) is 8.78 Å². The van der Waals surface area contributed by atoms with Gasteiger partial charge in [-0.25, -0.2) is 0 Å². The van der Waals surface area contributed by atoms with Gasteiger partial charge in [0, 0.05) is 33.6 Å². The van der Waals surface area contributed by atoms with Crippen LogP contribution in [0.15, 0.2) is 33.8 Å². The number of rotatable bonds is 7. The van der Waals surface area contributed by atoms with Crippen molar-refractivity contribution in [1.82, 2.24) is 20.4 Å². The van der Waals surface area contributed by atoms with Crippen LogP contribution in [0, 0.1) is 6.92 Å². The lowest BCUT2D eigenvalue weighted by molar-refractivity contribution is -0.0498. The second-order valence-electron chi connectivity index (χ2n) is 5.34. The second kappa shape index (κ2) is 10.9. The van der Waals surface area contributed by atoms with Gasteiger partial charge < -0.3 is 19.5 Å². The molecule has 0 aliphatic rings. The van der Waals surface area contributed by atoms with Crippen LogP contribution in [0.25, 0.3) is 0 Å². The summed E-state index contributed by atoms with van der Waals surface area (Å²) in [5.41, 5.74) is 0.944. The van der Waals surface area contributed by atoms with Crippen LogP contribution in [0.2, 0.25) is 0 Å². The van der Waals surface area contributed by atoms with Crippen LogP contribution in [-0.2, 0) is 13.0 Å². The van der Waals surface area contributed by atoms with E-state index < -0.39 is 6.61 Å². The Morgan fingerprint density at radius 1 is 1.35 bits per heavy atom. The Balaban J connectivity index is 0.00000338. The van der Waals surface area contributed by atoms with Crippen molar-refractivity contribution in [2.75, 3.05) is 20.6 Å². The molecule has 0 bridgehead atoms. The molecule has 26 heavy (non-hydrogen) atoms. The largest absolute Gasteiger partial charge is 0.435 e. The molecule has 10 heteroatoms. The molecule has 0 fully saturated rings. The average Bonchev–Trinajstić information content (AvgIpc) is 2.98. The number of ether oxygens (including phenoxy) is 1. The third-order valence-corrected chi connectivity index (χ3v) is 3.33. The van der Waals surface area contributed by atoms with Gasteiger partial charge in [-0.1, -0.05) is 17.3 Å². The van der Waals surface area contributed by atoms with E-state index in [4.69, 9.17) is 4.52 Å².